The van der Waals surface area contributed by atoms with E-state index in [2.05, 4.69) is 5.32 Å². The summed E-state index contributed by atoms with van der Waals surface area (Å²) in [5.41, 5.74) is 1.06. The molecule has 0 saturated carbocycles. The Bertz CT molecular complexity index is 1140. The van der Waals surface area contributed by atoms with Crippen LogP contribution in [-0.2, 0) is 14.3 Å². The number of halogens is 2. The number of amides is 3. The SMILES string of the molecule is CCCCOC(=O)c1cc(NC(=O)CN2C(=O)S/C(=C/c3cccc(Cl)c3)C2=O)ccc1Cl. The monoisotopic (exact) mass is 506 g/mol. The van der Waals surface area contributed by atoms with Crippen LogP contribution in [0, 0.1) is 0 Å². The van der Waals surface area contributed by atoms with Gasteiger partial charge in [-0.1, -0.05) is 48.7 Å². The van der Waals surface area contributed by atoms with Crippen LogP contribution in [0.15, 0.2) is 47.4 Å². The molecular weight excluding hydrogens is 487 g/mol. The van der Waals surface area contributed by atoms with E-state index in [4.69, 9.17) is 27.9 Å². The first-order chi connectivity index (χ1) is 15.8. The van der Waals surface area contributed by atoms with Gasteiger partial charge in [-0.05, 0) is 60.2 Å². The molecule has 7 nitrogen and oxygen atoms in total. The second-order valence-corrected chi connectivity index (χ2v) is 8.89. The van der Waals surface area contributed by atoms with Crippen molar-refractivity contribution in [3.63, 3.8) is 0 Å². The molecule has 33 heavy (non-hydrogen) atoms. The first-order valence-electron chi connectivity index (χ1n) is 10.1. The average molecular weight is 507 g/mol. The molecule has 1 aliphatic rings. The Morgan fingerprint density at radius 2 is 1.94 bits per heavy atom. The number of anilines is 1. The molecule has 1 N–H and O–H groups in total. The molecule has 0 aromatic heterocycles. The van der Waals surface area contributed by atoms with E-state index in [1.54, 1.807) is 30.3 Å². The Morgan fingerprint density at radius 3 is 2.67 bits per heavy atom. The number of benzene rings is 2. The zero-order chi connectivity index (χ0) is 24.0. The summed E-state index contributed by atoms with van der Waals surface area (Å²) in [5, 5.41) is 2.70. The number of carbonyl (C=O) groups is 4. The molecule has 0 bridgehead atoms. The van der Waals surface area contributed by atoms with E-state index in [1.165, 1.54) is 18.2 Å². The van der Waals surface area contributed by atoms with Gasteiger partial charge in [-0.25, -0.2) is 4.79 Å². The fourth-order valence-electron chi connectivity index (χ4n) is 2.87. The number of rotatable bonds is 8. The number of unbranched alkanes of at least 4 members (excludes halogenated alkanes) is 1. The highest BCUT2D eigenvalue weighted by Crippen LogP contribution is 2.32. The molecule has 0 spiro atoms. The second-order valence-electron chi connectivity index (χ2n) is 7.06. The van der Waals surface area contributed by atoms with Gasteiger partial charge in [0.15, 0.2) is 0 Å². The maximum absolute atomic E-state index is 12.6. The predicted molar refractivity (Wildman–Crippen MR) is 129 cm³/mol. The minimum atomic E-state index is -0.603. The largest absolute Gasteiger partial charge is 0.462 e. The van der Waals surface area contributed by atoms with E-state index in [9.17, 15) is 19.2 Å². The maximum Gasteiger partial charge on any atom is 0.339 e. The highest BCUT2D eigenvalue weighted by molar-refractivity contribution is 8.18. The third-order valence-electron chi connectivity index (χ3n) is 4.52. The second kappa shape index (κ2) is 11.4. The van der Waals surface area contributed by atoms with Crippen molar-refractivity contribution in [1.82, 2.24) is 4.90 Å². The fourth-order valence-corrected chi connectivity index (χ4v) is 4.11. The van der Waals surface area contributed by atoms with Crippen LogP contribution in [0.1, 0.15) is 35.7 Å². The maximum atomic E-state index is 12.6. The van der Waals surface area contributed by atoms with Gasteiger partial charge in [-0.3, -0.25) is 19.3 Å². The van der Waals surface area contributed by atoms with Crippen LogP contribution in [0.2, 0.25) is 10.0 Å². The van der Waals surface area contributed by atoms with E-state index in [-0.39, 0.29) is 27.8 Å². The van der Waals surface area contributed by atoms with E-state index in [0.717, 1.165) is 29.5 Å². The lowest BCUT2D eigenvalue weighted by atomic mass is 10.2. The Morgan fingerprint density at radius 1 is 1.15 bits per heavy atom. The van der Waals surface area contributed by atoms with E-state index in [1.807, 2.05) is 6.92 Å². The number of nitrogens with zero attached hydrogens (tertiary/aromatic N) is 1. The highest BCUT2D eigenvalue weighted by atomic mass is 35.5. The molecular formula is C23H20Cl2N2O5S. The van der Waals surface area contributed by atoms with Crippen LogP contribution < -0.4 is 5.32 Å². The summed E-state index contributed by atoms with van der Waals surface area (Å²) in [7, 11) is 0. The van der Waals surface area contributed by atoms with Crippen molar-refractivity contribution in [3.8, 4) is 0 Å². The molecule has 1 fully saturated rings. The van der Waals surface area contributed by atoms with E-state index < -0.39 is 29.6 Å². The quantitative estimate of drug-likeness (QED) is 0.283. The van der Waals surface area contributed by atoms with Crippen LogP contribution in [0.4, 0.5) is 10.5 Å². The number of hydrogen-bond donors (Lipinski definition) is 1. The minimum Gasteiger partial charge on any atom is -0.462 e. The molecule has 2 aromatic rings. The zero-order valence-corrected chi connectivity index (χ0v) is 19.9. The van der Waals surface area contributed by atoms with Crippen LogP contribution in [0.3, 0.4) is 0 Å². The van der Waals surface area contributed by atoms with Gasteiger partial charge in [-0.15, -0.1) is 0 Å². The summed E-state index contributed by atoms with van der Waals surface area (Å²) >= 11 is 12.8. The third kappa shape index (κ3) is 6.60. The summed E-state index contributed by atoms with van der Waals surface area (Å²) in [6.07, 6.45) is 3.15. The van der Waals surface area contributed by atoms with Gasteiger partial charge in [0.05, 0.1) is 22.1 Å². The van der Waals surface area contributed by atoms with Crippen LogP contribution in [-0.4, -0.2) is 41.1 Å². The number of thioether (sulfide) groups is 1. The molecule has 1 saturated heterocycles. The van der Waals surface area contributed by atoms with Gasteiger partial charge in [0.2, 0.25) is 5.91 Å². The molecule has 3 rings (SSSR count). The molecule has 1 aliphatic heterocycles. The van der Waals surface area contributed by atoms with Crippen molar-refractivity contribution in [2.45, 2.75) is 19.8 Å². The Kier molecular flexibility index (Phi) is 8.55. The first kappa shape index (κ1) is 24.8. The van der Waals surface area contributed by atoms with Gasteiger partial charge in [-0.2, -0.15) is 0 Å². The molecule has 10 heteroatoms. The molecule has 3 amide bonds. The summed E-state index contributed by atoms with van der Waals surface area (Å²) in [6.45, 7) is 1.77. The van der Waals surface area contributed by atoms with E-state index >= 15 is 0 Å². The smallest absolute Gasteiger partial charge is 0.339 e. The molecule has 0 aliphatic carbocycles. The Labute approximate surface area is 205 Å². The Hall–Kier alpha value is -2.81. The van der Waals surface area contributed by atoms with Crippen molar-refractivity contribution in [2.24, 2.45) is 0 Å². The fraction of sp³-hybridized carbons (Fsp3) is 0.217. The molecule has 0 radical (unpaired) electrons. The van der Waals surface area contributed by atoms with Gasteiger partial charge >= 0.3 is 5.97 Å². The Balaban J connectivity index is 1.66. The van der Waals surface area contributed by atoms with Gasteiger partial charge < -0.3 is 10.1 Å². The lowest BCUT2D eigenvalue weighted by Crippen LogP contribution is -2.36. The predicted octanol–water partition coefficient (Wildman–Crippen LogP) is 5.63. The average Bonchev–Trinajstić information content (AvgIpc) is 3.02. The summed E-state index contributed by atoms with van der Waals surface area (Å²) in [4.78, 5) is 50.7. The van der Waals surface area contributed by atoms with Crippen molar-refractivity contribution in [1.29, 1.82) is 0 Å². The highest BCUT2D eigenvalue weighted by Gasteiger charge is 2.36. The number of esters is 1. The molecule has 0 atom stereocenters. The van der Waals surface area contributed by atoms with Gasteiger partial charge in [0, 0.05) is 10.7 Å². The van der Waals surface area contributed by atoms with Gasteiger partial charge in [0.1, 0.15) is 6.54 Å². The molecule has 172 valence electrons. The molecule has 2 aromatic carbocycles. The lowest BCUT2D eigenvalue weighted by molar-refractivity contribution is -0.127. The summed E-state index contributed by atoms with van der Waals surface area (Å²) in [6, 6.07) is 11.2. The first-order valence-corrected chi connectivity index (χ1v) is 11.6. The minimum absolute atomic E-state index is 0.112. The van der Waals surface area contributed by atoms with Gasteiger partial charge in [0.25, 0.3) is 11.1 Å². The summed E-state index contributed by atoms with van der Waals surface area (Å²) in [5.74, 6) is -1.77. The normalized spacial score (nSPS) is 14.6. The zero-order valence-electron chi connectivity index (χ0n) is 17.6. The van der Waals surface area contributed by atoms with Crippen LogP contribution in [0.5, 0.6) is 0 Å². The van der Waals surface area contributed by atoms with Crippen molar-refractivity contribution < 1.29 is 23.9 Å². The lowest BCUT2D eigenvalue weighted by Gasteiger charge is -2.13. The summed E-state index contributed by atoms with van der Waals surface area (Å²) < 4.78 is 5.16. The molecule has 1 heterocycles. The standard InChI is InChI=1S/C23H20Cl2N2O5S/c1-2-3-9-32-22(30)17-12-16(7-8-18(17)25)26-20(28)13-27-21(29)19(33-23(27)31)11-14-5-4-6-15(24)10-14/h4-8,10-12H,2-3,9,13H2,1H3,(H,26,28)/b19-11+. The molecule has 0 unspecified atom stereocenters. The van der Waals surface area contributed by atoms with Crippen molar-refractivity contribution >= 4 is 69.8 Å². The third-order valence-corrected chi connectivity index (χ3v) is 5.99. The number of carbonyl (C=O) groups excluding carboxylic acids is 4. The van der Waals surface area contributed by atoms with Crippen LogP contribution >= 0.6 is 35.0 Å². The number of imide groups is 1. The van der Waals surface area contributed by atoms with E-state index in [0.29, 0.717) is 10.6 Å². The topological polar surface area (TPSA) is 92.8 Å². The van der Waals surface area contributed by atoms with Crippen LogP contribution in [0.25, 0.3) is 6.08 Å². The number of nitrogens with one attached hydrogen (secondary N) is 1. The number of ether oxygens (including phenoxy) is 1. The van der Waals surface area contributed by atoms with Crippen molar-refractivity contribution in [3.05, 3.63) is 68.5 Å². The van der Waals surface area contributed by atoms with Crippen molar-refractivity contribution in [2.75, 3.05) is 18.5 Å². The number of hydrogen-bond acceptors (Lipinski definition) is 6.